The molecule has 0 aliphatic carbocycles. The number of nitrogens with one attached hydrogen (secondary N) is 1. The first kappa shape index (κ1) is 6.99. The van der Waals surface area contributed by atoms with Gasteiger partial charge in [0.15, 0.2) is 0 Å². The summed E-state index contributed by atoms with van der Waals surface area (Å²) < 4.78 is 4.97. The summed E-state index contributed by atoms with van der Waals surface area (Å²) in [4.78, 5) is 2.24. The molecule has 0 aromatic heterocycles. The largest absolute Gasteiger partial charge is 0.369 e. The van der Waals surface area contributed by atoms with Crippen molar-refractivity contribution < 1.29 is 4.74 Å². The van der Waals surface area contributed by atoms with Gasteiger partial charge in [0.2, 0.25) is 0 Å². The van der Waals surface area contributed by atoms with Crippen molar-refractivity contribution in [3.8, 4) is 0 Å². The summed E-state index contributed by atoms with van der Waals surface area (Å²) in [6.45, 7) is 4.06. The molecule has 1 heterocycles. The van der Waals surface area contributed by atoms with E-state index in [1.165, 1.54) is 13.0 Å². The van der Waals surface area contributed by atoms with E-state index in [4.69, 9.17) is 4.74 Å². The standard InChI is InChI=1S/C6H14N2O/c1-9-6-8-4-2-3-7-5-8/h7H,2-6H2,1H3. The van der Waals surface area contributed by atoms with Gasteiger partial charge in [-0.2, -0.15) is 0 Å². The maximum absolute atomic E-state index is 4.97. The van der Waals surface area contributed by atoms with Gasteiger partial charge in [0.1, 0.15) is 0 Å². The molecule has 9 heavy (non-hydrogen) atoms. The molecule has 1 saturated heterocycles. The molecular formula is C6H14N2O. The number of nitrogens with zero attached hydrogens (tertiary/aromatic N) is 1. The molecule has 54 valence electrons. The molecule has 0 spiro atoms. The van der Waals surface area contributed by atoms with Crippen molar-refractivity contribution in [1.82, 2.24) is 10.2 Å². The van der Waals surface area contributed by atoms with Crippen molar-refractivity contribution in [2.24, 2.45) is 0 Å². The molecule has 0 radical (unpaired) electrons. The molecule has 0 saturated carbocycles. The first-order valence-corrected chi connectivity index (χ1v) is 3.35. The van der Waals surface area contributed by atoms with Gasteiger partial charge < -0.3 is 10.1 Å². The summed E-state index contributed by atoms with van der Waals surface area (Å²) in [5.41, 5.74) is 0. The molecule has 0 amide bonds. The quantitative estimate of drug-likeness (QED) is 0.562. The average molecular weight is 130 g/mol. The highest BCUT2D eigenvalue weighted by Crippen LogP contribution is 1.93. The van der Waals surface area contributed by atoms with Crippen LogP contribution in [0.5, 0.6) is 0 Å². The summed E-state index contributed by atoms with van der Waals surface area (Å²) in [6.07, 6.45) is 1.24. The van der Waals surface area contributed by atoms with Crippen LogP contribution in [0.2, 0.25) is 0 Å². The van der Waals surface area contributed by atoms with Crippen LogP contribution in [0.15, 0.2) is 0 Å². The van der Waals surface area contributed by atoms with E-state index in [-0.39, 0.29) is 0 Å². The van der Waals surface area contributed by atoms with Gasteiger partial charge in [-0.25, -0.2) is 0 Å². The minimum Gasteiger partial charge on any atom is -0.369 e. The third kappa shape index (κ3) is 2.30. The number of methoxy groups -OCH3 is 1. The number of hydrogen-bond donors (Lipinski definition) is 1. The van der Waals surface area contributed by atoms with Crippen molar-refractivity contribution in [2.45, 2.75) is 6.42 Å². The highest BCUT2D eigenvalue weighted by Gasteiger charge is 2.06. The van der Waals surface area contributed by atoms with Crippen molar-refractivity contribution in [3.63, 3.8) is 0 Å². The van der Waals surface area contributed by atoms with Crippen LogP contribution in [0.4, 0.5) is 0 Å². The number of rotatable bonds is 2. The highest BCUT2D eigenvalue weighted by molar-refractivity contribution is 4.59. The van der Waals surface area contributed by atoms with E-state index in [2.05, 4.69) is 10.2 Å². The summed E-state index contributed by atoms with van der Waals surface area (Å²) in [5, 5.41) is 3.27. The van der Waals surface area contributed by atoms with Gasteiger partial charge in [-0.1, -0.05) is 0 Å². The lowest BCUT2D eigenvalue weighted by Gasteiger charge is -2.25. The Morgan fingerprint density at radius 3 is 3.11 bits per heavy atom. The van der Waals surface area contributed by atoms with Crippen LogP contribution in [-0.2, 0) is 4.74 Å². The van der Waals surface area contributed by atoms with Crippen LogP contribution >= 0.6 is 0 Å². The second-order valence-electron chi connectivity index (χ2n) is 2.32. The van der Waals surface area contributed by atoms with E-state index in [9.17, 15) is 0 Å². The van der Waals surface area contributed by atoms with Crippen molar-refractivity contribution >= 4 is 0 Å². The summed E-state index contributed by atoms with van der Waals surface area (Å²) in [6, 6.07) is 0. The minimum absolute atomic E-state index is 0.757. The molecular weight excluding hydrogens is 116 g/mol. The Morgan fingerprint density at radius 2 is 2.56 bits per heavy atom. The molecule has 1 N–H and O–H groups in total. The Kier molecular flexibility index (Phi) is 2.97. The predicted molar refractivity (Wildman–Crippen MR) is 36.1 cm³/mol. The van der Waals surface area contributed by atoms with Crippen molar-refractivity contribution in [3.05, 3.63) is 0 Å². The Balaban J connectivity index is 2.08. The van der Waals surface area contributed by atoms with Crippen LogP contribution < -0.4 is 5.32 Å². The molecule has 1 aliphatic heterocycles. The third-order valence-electron chi connectivity index (χ3n) is 1.47. The normalized spacial score (nSPS) is 22.3. The molecule has 1 rings (SSSR count). The van der Waals surface area contributed by atoms with E-state index in [1.54, 1.807) is 7.11 Å². The Bertz CT molecular complexity index is 68.7. The van der Waals surface area contributed by atoms with Crippen LogP contribution in [-0.4, -0.2) is 38.5 Å². The number of ether oxygens (including phenoxy) is 1. The van der Waals surface area contributed by atoms with Crippen LogP contribution in [0.25, 0.3) is 0 Å². The van der Waals surface area contributed by atoms with Crippen molar-refractivity contribution in [2.75, 3.05) is 33.6 Å². The molecule has 0 unspecified atom stereocenters. The molecule has 0 aromatic carbocycles. The Hall–Kier alpha value is -0.120. The molecule has 0 atom stereocenters. The second-order valence-corrected chi connectivity index (χ2v) is 2.32. The fourth-order valence-corrected chi connectivity index (χ4v) is 1.04. The maximum atomic E-state index is 4.97. The van der Waals surface area contributed by atoms with Gasteiger partial charge in [-0.05, 0) is 13.0 Å². The van der Waals surface area contributed by atoms with E-state index in [0.29, 0.717) is 0 Å². The summed E-state index contributed by atoms with van der Waals surface area (Å²) >= 11 is 0. The van der Waals surface area contributed by atoms with E-state index in [0.717, 1.165) is 19.9 Å². The summed E-state index contributed by atoms with van der Waals surface area (Å²) in [7, 11) is 1.73. The topological polar surface area (TPSA) is 24.5 Å². The lowest BCUT2D eigenvalue weighted by molar-refractivity contribution is 0.0461. The van der Waals surface area contributed by atoms with Gasteiger partial charge in [0.25, 0.3) is 0 Å². The van der Waals surface area contributed by atoms with E-state index < -0.39 is 0 Å². The lowest BCUT2D eigenvalue weighted by atomic mass is 10.3. The first-order valence-electron chi connectivity index (χ1n) is 3.35. The predicted octanol–water partition coefficient (Wildman–Crippen LogP) is -0.157. The molecule has 0 bridgehead atoms. The van der Waals surface area contributed by atoms with Gasteiger partial charge >= 0.3 is 0 Å². The Labute approximate surface area is 56.0 Å². The summed E-state index contributed by atoms with van der Waals surface area (Å²) in [5.74, 6) is 0. The number of hydrogen-bond acceptors (Lipinski definition) is 3. The fourth-order valence-electron chi connectivity index (χ4n) is 1.04. The average Bonchev–Trinajstić information content (AvgIpc) is 1.91. The minimum atomic E-state index is 0.757. The van der Waals surface area contributed by atoms with Crippen LogP contribution in [0.3, 0.4) is 0 Å². The fraction of sp³-hybridized carbons (Fsp3) is 1.00. The molecule has 3 nitrogen and oxygen atoms in total. The molecule has 0 aromatic rings. The van der Waals surface area contributed by atoms with Gasteiger partial charge in [0.05, 0.1) is 13.4 Å². The molecule has 1 fully saturated rings. The first-order chi connectivity index (χ1) is 4.43. The van der Waals surface area contributed by atoms with E-state index in [1.807, 2.05) is 0 Å². The van der Waals surface area contributed by atoms with Gasteiger partial charge in [-0.15, -0.1) is 0 Å². The monoisotopic (exact) mass is 130 g/mol. The SMILES string of the molecule is COCN1CCCNC1. The zero-order valence-electron chi connectivity index (χ0n) is 5.89. The van der Waals surface area contributed by atoms with E-state index >= 15 is 0 Å². The van der Waals surface area contributed by atoms with Crippen molar-refractivity contribution in [1.29, 1.82) is 0 Å². The Morgan fingerprint density at radius 1 is 1.67 bits per heavy atom. The molecule has 1 aliphatic rings. The highest BCUT2D eigenvalue weighted by atomic mass is 16.5. The second kappa shape index (κ2) is 3.82. The molecule has 3 heteroatoms. The maximum Gasteiger partial charge on any atom is 0.0996 e. The third-order valence-corrected chi connectivity index (χ3v) is 1.47. The van der Waals surface area contributed by atoms with Crippen LogP contribution in [0, 0.1) is 0 Å². The zero-order valence-corrected chi connectivity index (χ0v) is 5.89. The zero-order chi connectivity index (χ0) is 6.53. The van der Waals surface area contributed by atoms with Gasteiger partial charge in [0, 0.05) is 13.7 Å². The van der Waals surface area contributed by atoms with Crippen LogP contribution in [0.1, 0.15) is 6.42 Å². The lowest BCUT2D eigenvalue weighted by Crippen LogP contribution is -2.42. The van der Waals surface area contributed by atoms with Gasteiger partial charge in [-0.3, -0.25) is 4.90 Å². The smallest absolute Gasteiger partial charge is 0.0996 e.